The molecule has 0 unspecified atom stereocenters. The van der Waals surface area contributed by atoms with E-state index >= 15 is 0 Å². The maximum absolute atomic E-state index is 13.0. The number of carbonyl (C=O) groups excluding carboxylic acids is 1. The minimum atomic E-state index is -1.07. The quantitative estimate of drug-likeness (QED) is 0.242. The van der Waals surface area contributed by atoms with Crippen molar-refractivity contribution in [1.82, 2.24) is 0 Å². The number of rotatable bonds is 6. The summed E-state index contributed by atoms with van der Waals surface area (Å²) in [6.45, 7) is 1.72. The molecule has 0 saturated heterocycles. The Bertz CT molecular complexity index is 1530. The van der Waals surface area contributed by atoms with Gasteiger partial charge in [-0.2, -0.15) is 20.3 Å². The largest absolute Gasteiger partial charge is 0.478 e. The summed E-state index contributed by atoms with van der Waals surface area (Å²) in [5.41, 5.74) is 3.68. The van der Waals surface area contributed by atoms with Crippen LogP contribution in [0.15, 0.2) is 116 Å². The summed E-state index contributed by atoms with van der Waals surface area (Å²) < 4.78 is 5.96. The van der Waals surface area contributed by atoms with Gasteiger partial charge in [0.1, 0.15) is 11.5 Å². The van der Waals surface area contributed by atoms with Gasteiger partial charge in [-0.3, -0.25) is 4.79 Å². The Labute approximate surface area is 206 Å². The van der Waals surface area contributed by atoms with Gasteiger partial charge in [0.25, 0.3) is 5.91 Å². The van der Waals surface area contributed by atoms with Gasteiger partial charge in [0.05, 0.1) is 33.9 Å². The molecule has 0 spiro atoms. The van der Waals surface area contributed by atoms with Crippen molar-refractivity contribution in [2.45, 2.75) is 6.92 Å². The lowest BCUT2D eigenvalue weighted by Gasteiger charge is -2.12. The van der Waals surface area contributed by atoms with Gasteiger partial charge in [0.15, 0.2) is 0 Å². The highest BCUT2D eigenvalue weighted by atomic mass is 16.4. The van der Waals surface area contributed by atoms with E-state index in [2.05, 4.69) is 15.3 Å². The van der Waals surface area contributed by atoms with Crippen LogP contribution in [0, 0.1) is 0 Å². The number of aromatic carboxylic acids is 1. The second-order valence-corrected chi connectivity index (χ2v) is 8.00. The van der Waals surface area contributed by atoms with Crippen LogP contribution in [0.25, 0.3) is 17.4 Å². The van der Waals surface area contributed by atoms with E-state index in [0.29, 0.717) is 34.2 Å². The van der Waals surface area contributed by atoms with E-state index in [4.69, 9.17) is 4.42 Å². The van der Waals surface area contributed by atoms with Gasteiger partial charge in [-0.1, -0.05) is 24.3 Å². The van der Waals surface area contributed by atoms with Crippen LogP contribution in [-0.2, 0) is 4.79 Å². The maximum atomic E-state index is 13.0. The van der Waals surface area contributed by atoms with E-state index in [1.54, 1.807) is 31.2 Å². The third-order valence-electron chi connectivity index (χ3n) is 5.50. The number of azo groups is 1. The average molecular weight is 476 g/mol. The van der Waals surface area contributed by atoms with Gasteiger partial charge in [-0.05, 0) is 79.7 Å². The zero-order valence-electron chi connectivity index (χ0n) is 19.2. The minimum Gasteiger partial charge on any atom is -0.478 e. The molecular weight excluding hydrogens is 456 g/mol. The Hall–Kier alpha value is -5.11. The summed E-state index contributed by atoms with van der Waals surface area (Å²) in [5.74, 6) is -0.298. The van der Waals surface area contributed by atoms with Crippen LogP contribution >= 0.6 is 0 Å². The smallest absolute Gasteiger partial charge is 0.335 e. The molecule has 1 amide bonds. The van der Waals surface area contributed by atoms with Gasteiger partial charge < -0.3 is 9.52 Å². The second-order valence-electron chi connectivity index (χ2n) is 8.00. The van der Waals surface area contributed by atoms with Gasteiger partial charge >= 0.3 is 5.97 Å². The van der Waals surface area contributed by atoms with Gasteiger partial charge in [0, 0.05) is 5.56 Å². The topological polar surface area (TPSA) is 108 Å². The Morgan fingerprint density at radius 2 is 1.64 bits per heavy atom. The molecule has 36 heavy (non-hydrogen) atoms. The first-order chi connectivity index (χ1) is 17.5. The van der Waals surface area contributed by atoms with Gasteiger partial charge in [-0.25, -0.2) is 4.79 Å². The molecule has 5 rings (SSSR count). The number of furan rings is 1. The molecule has 2 heterocycles. The monoisotopic (exact) mass is 476 g/mol. The van der Waals surface area contributed by atoms with Crippen LogP contribution in [0.2, 0.25) is 0 Å². The number of carboxylic acids is 1. The summed E-state index contributed by atoms with van der Waals surface area (Å²) in [6.07, 6.45) is 1.63. The van der Waals surface area contributed by atoms with Crippen molar-refractivity contribution in [3.05, 3.63) is 108 Å². The molecule has 0 aliphatic carbocycles. The van der Waals surface area contributed by atoms with Crippen molar-refractivity contribution in [2.75, 3.05) is 5.01 Å². The third kappa shape index (κ3) is 4.74. The van der Waals surface area contributed by atoms with E-state index in [1.807, 2.05) is 60.7 Å². The summed E-state index contributed by atoms with van der Waals surface area (Å²) >= 11 is 0. The third-order valence-corrected chi connectivity index (χ3v) is 5.50. The van der Waals surface area contributed by atoms with E-state index in [-0.39, 0.29) is 11.5 Å². The number of benzene rings is 3. The summed E-state index contributed by atoms with van der Waals surface area (Å²) in [6, 6.07) is 26.7. The number of hydrogen-bond donors (Lipinski definition) is 1. The normalized spacial score (nSPS) is 14.6. The Kier molecular flexibility index (Phi) is 6.07. The number of carboxylic acid groups (broad SMARTS) is 1. The molecule has 0 radical (unpaired) electrons. The summed E-state index contributed by atoms with van der Waals surface area (Å²) in [4.78, 5) is 24.3. The lowest BCUT2D eigenvalue weighted by molar-refractivity contribution is -0.114. The minimum absolute atomic E-state index is 0.0776. The van der Waals surface area contributed by atoms with Gasteiger partial charge in [-0.15, -0.1) is 0 Å². The van der Waals surface area contributed by atoms with Crippen LogP contribution in [0.4, 0.5) is 17.1 Å². The van der Waals surface area contributed by atoms with Crippen molar-refractivity contribution in [3.63, 3.8) is 0 Å². The molecule has 1 aliphatic heterocycles. The lowest BCUT2D eigenvalue weighted by Crippen LogP contribution is -2.21. The SMILES string of the molecule is CC1=NN(c2cccc(C(=O)O)c2)C(=O)/C1=C/c1ccc(-c2ccc(N=Nc3ccccc3)cc2)o1. The molecule has 4 aromatic rings. The van der Waals surface area contributed by atoms with E-state index in [9.17, 15) is 14.7 Å². The maximum Gasteiger partial charge on any atom is 0.335 e. The fourth-order valence-corrected chi connectivity index (χ4v) is 3.66. The van der Waals surface area contributed by atoms with Crippen molar-refractivity contribution in [2.24, 2.45) is 15.3 Å². The van der Waals surface area contributed by atoms with E-state index in [0.717, 1.165) is 11.3 Å². The zero-order valence-corrected chi connectivity index (χ0v) is 19.2. The number of amides is 1. The van der Waals surface area contributed by atoms with Crippen LogP contribution in [0.1, 0.15) is 23.0 Å². The second kappa shape index (κ2) is 9.63. The molecule has 3 aromatic carbocycles. The standard InChI is InChI=1S/C28H20N4O4/c1-18-25(27(33)32(31-18)23-9-5-6-20(16-23)28(34)35)17-24-14-15-26(36-24)19-10-12-22(13-11-19)30-29-21-7-3-2-4-8-21/h2-17H,1H3,(H,34,35)/b25-17+,30-29?. The first-order valence-corrected chi connectivity index (χ1v) is 11.1. The number of anilines is 1. The molecule has 0 atom stereocenters. The molecule has 0 bridgehead atoms. The highest BCUT2D eigenvalue weighted by molar-refractivity contribution is 6.32. The van der Waals surface area contributed by atoms with E-state index < -0.39 is 5.97 Å². The summed E-state index contributed by atoms with van der Waals surface area (Å²) in [7, 11) is 0. The lowest BCUT2D eigenvalue weighted by atomic mass is 10.1. The number of hydrogen-bond acceptors (Lipinski definition) is 6. The molecule has 8 nitrogen and oxygen atoms in total. The number of hydrazone groups is 1. The van der Waals surface area contributed by atoms with Crippen LogP contribution < -0.4 is 5.01 Å². The first-order valence-electron chi connectivity index (χ1n) is 11.1. The van der Waals surface area contributed by atoms with Crippen LogP contribution in [0.3, 0.4) is 0 Å². The van der Waals surface area contributed by atoms with Crippen molar-refractivity contribution in [1.29, 1.82) is 0 Å². The number of nitrogens with zero attached hydrogens (tertiary/aromatic N) is 4. The van der Waals surface area contributed by atoms with Crippen molar-refractivity contribution < 1.29 is 19.1 Å². The molecule has 0 fully saturated rings. The predicted molar refractivity (Wildman–Crippen MR) is 137 cm³/mol. The molecule has 1 aromatic heterocycles. The Morgan fingerprint density at radius 3 is 2.36 bits per heavy atom. The summed E-state index contributed by atoms with van der Waals surface area (Å²) in [5, 5.41) is 23.2. The molecular formula is C28H20N4O4. The van der Waals surface area contributed by atoms with Crippen LogP contribution in [0.5, 0.6) is 0 Å². The number of carbonyl (C=O) groups is 2. The van der Waals surface area contributed by atoms with Gasteiger partial charge in [0.2, 0.25) is 0 Å². The first kappa shape index (κ1) is 22.7. The Balaban J connectivity index is 1.32. The Morgan fingerprint density at radius 1 is 0.917 bits per heavy atom. The molecule has 176 valence electrons. The highest BCUT2D eigenvalue weighted by Gasteiger charge is 2.29. The van der Waals surface area contributed by atoms with Crippen LogP contribution in [-0.4, -0.2) is 22.7 Å². The van der Waals surface area contributed by atoms with Crippen molar-refractivity contribution >= 4 is 40.7 Å². The fourth-order valence-electron chi connectivity index (χ4n) is 3.66. The van der Waals surface area contributed by atoms with E-state index in [1.165, 1.54) is 17.1 Å². The van der Waals surface area contributed by atoms with Crippen molar-refractivity contribution in [3.8, 4) is 11.3 Å². The molecule has 8 heteroatoms. The predicted octanol–water partition coefficient (Wildman–Crippen LogP) is 6.87. The molecule has 1 aliphatic rings. The fraction of sp³-hybridized carbons (Fsp3) is 0.0357. The highest BCUT2D eigenvalue weighted by Crippen LogP contribution is 2.29. The average Bonchev–Trinajstić information content (AvgIpc) is 3.49. The molecule has 1 N–H and O–H groups in total. The zero-order chi connectivity index (χ0) is 25.1. The molecule has 0 saturated carbocycles.